The molecule has 0 amide bonds. The highest BCUT2D eigenvalue weighted by Gasteiger charge is 2.30. The van der Waals surface area contributed by atoms with E-state index in [2.05, 4.69) is 0 Å². The molecule has 0 aromatic heterocycles. The first-order chi connectivity index (χ1) is 9.98. The van der Waals surface area contributed by atoms with Crippen molar-refractivity contribution >= 4 is 10.0 Å². The lowest BCUT2D eigenvalue weighted by Gasteiger charge is -2.31. The number of benzene rings is 1. The van der Waals surface area contributed by atoms with Gasteiger partial charge < -0.3 is 15.2 Å². The van der Waals surface area contributed by atoms with Gasteiger partial charge in [-0.05, 0) is 37.6 Å². The largest absolute Gasteiger partial charge is 0.494 e. The highest BCUT2D eigenvalue weighted by Crippen LogP contribution is 2.25. The summed E-state index contributed by atoms with van der Waals surface area (Å²) in [5.41, 5.74) is 6.37. The molecule has 1 aliphatic heterocycles. The highest BCUT2D eigenvalue weighted by molar-refractivity contribution is 7.89. The molecule has 21 heavy (non-hydrogen) atoms. The summed E-state index contributed by atoms with van der Waals surface area (Å²) in [7, 11) is -3.52. The zero-order chi connectivity index (χ0) is 15.5. The lowest BCUT2D eigenvalue weighted by molar-refractivity contribution is 0.00450. The lowest BCUT2D eigenvalue weighted by atomic mass is 10.2. The van der Waals surface area contributed by atoms with Gasteiger partial charge in [0.05, 0.1) is 24.2 Å². The van der Waals surface area contributed by atoms with Crippen LogP contribution in [0.4, 0.5) is 0 Å². The molecule has 0 aliphatic carbocycles. The molecule has 0 spiro atoms. The Morgan fingerprint density at radius 2 is 2.24 bits per heavy atom. The first-order valence-electron chi connectivity index (χ1n) is 7.04. The SMILES string of the molecule is CCOc1ccc(S(=O)(=O)N2CCOC(CN)C2)cc1C. The van der Waals surface area contributed by atoms with E-state index in [0.717, 1.165) is 5.56 Å². The normalized spacial score (nSPS) is 20.4. The number of hydrogen-bond acceptors (Lipinski definition) is 5. The Bertz CT molecular complexity index is 589. The van der Waals surface area contributed by atoms with E-state index >= 15 is 0 Å². The van der Waals surface area contributed by atoms with Crippen molar-refractivity contribution in [2.24, 2.45) is 5.73 Å². The number of hydrogen-bond donors (Lipinski definition) is 1. The Morgan fingerprint density at radius 1 is 1.48 bits per heavy atom. The summed E-state index contributed by atoms with van der Waals surface area (Å²) in [6.45, 7) is 5.62. The molecule has 1 heterocycles. The van der Waals surface area contributed by atoms with Gasteiger partial charge in [-0.25, -0.2) is 8.42 Å². The molecule has 0 saturated carbocycles. The number of sulfonamides is 1. The number of ether oxygens (including phenoxy) is 2. The molecule has 2 N–H and O–H groups in total. The van der Waals surface area contributed by atoms with Gasteiger partial charge in [0, 0.05) is 19.6 Å². The zero-order valence-electron chi connectivity index (χ0n) is 12.4. The molecule has 1 aliphatic rings. The van der Waals surface area contributed by atoms with Gasteiger partial charge in [0.2, 0.25) is 10.0 Å². The Labute approximate surface area is 125 Å². The van der Waals surface area contributed by atoms with Crippen LogP contribution in [-0.2, 0) is 14.8 Å². The summed E-state index contributed by atoms with van der Waals surface area (Å²) in [4.78, 5) is 0.279. The van der Waals surface area contributed by atoms with E-state index in [1.165, 1.54) is 4.31 Å². The van der Waals surface area contributed by atoms with Gasteiger partial charge in [0.25, 0.3) is 0 Å². The second kappa shape index (κ2) is 6.74. The molecular weight excluding hydrogens is 292 g/mol. The van der Waals surface area contributed by atoms with Crippen LogP contribution in [0.3, 0.4) is 0 Å². The van der Waals surface area contributed by atoms with E-state index in [9.17, 15) is 8.42 Å². The van der Waals surface area contributed by atoms with Crippen molar-refractivity contribution < 1.29 is 17.9 Å². The van der Waals surface area contributed by atoms with E-state index in [-0.39, 0.29) is 11.0 Å². The average molecular weight is 314 g/mol. The summed E-state index contributed by atoms with van der Waals surface area (Å²) in [6, 6.07) is 4.93. The maximum atomic E-state index is 12.7. The summed E-state index contributed by atoms with van der Waals surface area (Å²) < 4.78 is 37.6. The van der Waals surface area contributed by atoms with Crippen molar-refractivity contribution in [2.75, 3.05) is 32.8 Å². The van der Waals surface area contributed by atoms with Gasteiger partial charge in [0.1, 0.15) is 5.75 Å². The third-order valence-electron chi connectivity index (χ3n) is 3.45. The van der Waals surface area contributed by atoms with Gasteiger partial charge >= 0.3 is 0 Å². The molecular formula is C14H22N2O4S. The summed E-state index contributed by atoms with van der Waals surface area (Å²) in [6.07, 6.45) is -0.239. The van der Waals surface area contributed by atoms with Crippen molar-refractivity contribution in [2.45, 2.75) is 24.8 Å². The lowest BCUT2D eigenvalue weighted by Crippen LogP contribution is -2.48. The Hall–Kier alpha value is -1.15. The van der Waals surface area contributed by atoms with Crippen LogP contribution >= 0.6 is 0 Å². The fourth-order valence-corrected chi connectivity index (χ4v) is 3.84. The predicted octanol–water partition coefficient (Wildman–Crippen LogP) is 0.742. The van der Waals surface area contributed by atoms with Crippen LogP contribution in [0, 0.1) is 6.92 Å². The minimum absolute atomic E-state index is 0.239. The predicted molar refractivity (Wildman–Crippen MR) is 79.9 cm³/mol. The first-order valence-corrected chi connectivity index (χ1v) is 8.48. The van der Waals surface area contributed by atoms with Gasteiger partial charge in [-0.15, -0.1) is 0 Å². The maximum absolute atomic E-state index is 12.7. The van der Waals surface area contributed by atoms with Crippen LogP contribution < -0.4 is 10.5 Å². The van der Waals surface area contributed by atoms with Crippen molar-refractivity contribution in [3.05, 3.63) is 23.8 Å². The number of rotatable bonds is 5. The second-order valence-corrected chi connectivity index (χ2v) is 6.89. The maximum Gasteiger partial charge on any atom is 0.243 e. The average Bonchev–Trinajstić information content (AvgIpc) is 2.49. The Morgan fingerprint density at radius 3 is 2.86 bits per heavy atom. The molecule has 0 bridgehead atoms. The van der Waals surface area contributed by atoms with E-state index in [0.29, 0.717) is 38.6 Å². The summed E-state index contributed by atoms with van der Waals surface area (Å²) in [5, 5.41) is 0. The van der Waals surface area contributed by atoms with Crippen LogP contribution in [0.15, 0.2) is 23.1 Å². The zero-order valence-corrected chi connectivity index (χ0v) is 13.2. The molecule has 1 aromatic rings. The van der Waals surface area contributed by atoms with Gasteiger partial charge in [-0.3, -0.25) is 0 Å². The van der Waals surface area contributed by atoms with Gasteiger partial charge in [-0.2, -0.15) is 4.31 Å². The van der Waals surface area contributed by atoms with E-state index in [1.807, 2.05) is 13.8 Å². The Kier molecular flexibility index (Phi) is 5.21. The summed E-state index contributed by atoms with van der Waals surface area (Å²) in [5.74, 6) is 0.707. The topological polar surface area (TPSA) is 81.9 Å². The monoisotopic (exact) mass is 314 g/mol. The van der Waals surface area contributed by atoms with Crippen LogP contribution in [0.5, 0.6) is 5.75 Å². The molecule has 7 heteroatoms. The fraction of sp³-hybridized carbons (Fsp3) is 0.571. The van der Waals surface area contributed by atoms with Crippen molar-refractivity contribution in [1.29, 1.82) is 0 Å². The smallest absolute Gasteiger partial charge is 0.243 e. The molecule has 118 valence electrons. The van der Waals surface area contributed by atoms with Crippen LogP contribution in [0.1, 0.15) is 12.5 Å². The van der Waals surface area contributed by atoms with Crippen molar-refractivity contribution in [3.63, 3.8) is 0 Å². The Balaban J connectivity index is 2.25. The molecule has 1 atom stereocenters. The minimum atomic E-state index is -3.52. The van der Waals surface area contributed by atoms with Crippen LogP contribution in [-0.4, -0.2) is 51.7 Å². The van der Waals surface area contributed by atoms with Gasteiger partial charge in [0.15, 0.2) is 0 Å². The number of aryl methyl sites for hydroxylation is 1. The van der Waals surface area contributed by atoms with Crippen LogP contribution in [0.2, 0.25) is 0 Å². The van der Waals surface area contributed by atoms with Crippen LogP contribution in [0.25, 0.3) is 0 Å². The third-order valence-corrected chi connectivity index (χ3v) is 5.31. The second-order valence-electron chi connectivity index (χ2n) is 4.95. The molecule has 1 aromatic carbocycles. The number of nitrogens with zero attached hydrogens (tertiary/aromatic N) is 1. The molecule has 2 rings (SSSR count). The first kappa shape index (κ1) is 16.2. The number of nitrogens with two attached hydrogens (primary N) is 1. The highest BCUT2D eigenvalue weighted by atomic mass is 32.2. The van der Waals surface area contributed by atoms with Crippen molar-refractivity contribution in [3.8, 4) is 5.75 Å². The van der Waals surface area contributed by atoms with E-state index in [1.54, 1.807) is 18.2 Å². The van der Waals surface area contributed by atoms with E-state index in [4.69, 9.17) is 15.2 Å². The molecule has 1 fully saturated rings. The molecule has 6 nitrogen and oxygen atoms in total. The standard InChI is InChI=1S/C14H22N2O4S/c1-3-19-14-5-4-13(8-11(14)2)21(17,18)16-6-7-20-12(9-15)10-16/h4-5,8,12H,3,6-7,9-10,15H2,1-2H3. The minimum Gasteiger partial charge on any atom is -0.494 e. The number of morpholine rings is 1. The quantitative estimate of drug-likeness (QED) is 0.867. The molecule has 0 radical (unpaired) electrons. The third kappa shape index (κ3) is 3.55. The summed E-state index contributed by atoms with van der Waals surface area (Å²) >= 11 is 0. The molecule has 1 saturated heterocycles. The van der Waals surface area contributed by atoms with Gasteiger partial charge in [-0.1, -0.05) is 0 Å². The van der Waals surface area contributed by atoms with E-state index < -0.39 is 10.0 Å². The molecule has 1 unspecified atom stereocenters. The fourth-order valence-electron chi connectivity index (χ4n) is 2.30. The van der Waals surface area contributed by atoms with Crippen molar-refractivity contribution in [1.82, 2.24) is 4.31 Å².